The lowest BCUT2D eigenvalue weighted by atomic mass is 9.48. The largest absolute Gasteiger partial charge is 0.504 e. The van der Waals surface area contributed by atoms with Crippen molar-refractivity contribution in [3.05, 3.63) is 50.5 Å². The summed E-state index contributed by atoms with van der Waals surface area (Å²) in [5, 5.41) is 24.3. The zero-order chi connectivity index (χ0) is 27.3. The monoisotopic (exact) mass is 592 g/mol. The van der Waals surface area contributed by atoms with Gasteiger partial charge >= 0.3 is 0 Å². The van der Waals surface area contributed by atoms with Gasteiger partial charge in [-0.15, -0.1) is 0 Å². The molecule has 7 nitrogen and oxygen atoms in total. The van der Waals surface area contributed by atoms with E-state index in [2.05, 4.69) is 4.90 Å². The van der Waals surface area contributed by atoms with Crippen molar-refractivity contribution >= 4 is 40.7 Å². The first-order valence-corrected chi connectivity index (χ1v) is 14.8. The number of nitrogens with zero attached hydrogens (tertiary/aromatic N) is 2. The van der Waals surface area contributed by atoms with Gasteiger partial charge in [0.2, 0.25) is 0 Å². The Morgan fingerprint density at radius 2 is 1.92 bits per heavy atom. The second-order valence-electron chi connectivity index (χ2n) is 11.9. The van der Waals surface area contributed by atoms with Gasteiger partial charge in [0.1, 0.15) is 11.9 Å². The Balaban J connectivity index is 1.20. The highest BCUT2D eigenvalue weighted by atomic mass is 35.5. The van der Waals surface area contributed by atoms with E-state index in [4.69, 9.17) is 44.3 Å². The number of carbonyl (C=O) groups is 1. The second kappa shape index (κ2) is 9.05. The van der Waals surface area contributed by atoms with E-state index in [1.54, 1.807) is 18.0 Å². The van der Waals surface area contributed by atoms with Crippen molar-refractivity contribution in [3.8, 4) is 17.2 Å². The highest BCUT2D eigenvalue weighted by Gasteiger charge is 2.73. The molecule has 0 unspecified atom stereocenters. The first-order valence-electron chi connectivity index (χ1n) is 13.7. The molecule has 3 fully saturated rings. The van der Waals surface area contributed by atoms with Crippen LogP contribution in [0.3, 0.4) is 0 Å². The predicted molar refractivity (Wildman–Crippen MR) is 148 cm³/mol. The fraction of sp³-hybridized carbons (Fsp3) is 0.552. The van der Waals surface area contributed by atoms with E-state index in [0.717, 1.165) is 43.0 Å². The quantitative estimate of drug-likeness (QED) is 0.468. The van der Waals surface area contributed by atoms with E-state index in [0.29, 0.717) is 23.6 Å². The molecule has 208 valence electrons. The summed E-state index contributed by atoms with van der Waals surface area (Å²) in [6, 6.07) is 6.35. The summed E-state index contributed by atoms with van der Waals surface area (Å²) in [4.78, 5) is 17.6. The number of benzene rings is 2. The number of likely N-dealkylation sites (N-methyl/N-ethyl adjacent to an activating group) is 1. The van der Waals surface area contributed by atoms with Crippen molar-refractivity contribution in [1.82, 2.24) is 9.80 Å². The standard InChI is InChI=1S/C29H31Cl3N2O5/c1-33(24(36)14-38-22-12-18(31)17(30)11-19(22)32)20-6-7-29(37)23-10-16-4-5-21(35)26-25(16)28(29,27(20)39-26)8-9-34(23)13-15-2-3-15/h4-5,11-12,15,20,23,27,35,37H,2-3,6-10,13-14H2,1H3/t20-,23+,27+,28+,29-/m1/s1. The maximum atomic E-state index is 13.4. The maximum Gasteiger partial charge on any atom is 0.260 e. The van der Waals surface area contributed by atoms with Crippen molar-refractivity contribution in [3.63, 3.8) is 0 Å². The minimum absolute atomic E-state index is 0.0111. The second-order valence-corrected chi connectivity index (χ2v) is 13.1. The number of ether oxygens (including phenoxy) is 2. The van der Waals surface area contributed by atoms with Crippen LogP contribution < -0.4 is 9.47 Å². The number of aliphatic hydroxyl groups is 1. The molecule has 3 aliphatic carbocycles. The van der Waals surface area contributed by atoms with Crippen molar-refractivity contribution < 1.29 is 24.5 Å². The molecular weight excluding hydrogens is 563 g/mol. The van der Waals surface area contributed by atoms with E-state index in [9.17, 15) is 15.0 Å². The molecule has 0 aromatic heterocycles. The van der Waals surface area contributed by atoms with E-state index in [1.165, 1.54) is 25.0 Å². The van der Waals surface area contributed by atoms with Crippen LogP contribution in [0.2, 0.25) is 15.1 Å². The molecule has 0 radical (unpaired) electrons. The number of rotatable bonds is 6. The van der Waals surface area contributed by atoms with Crippen molar-refractivity contribution in [2.45, 2.75) is 67.7 Å². The van der Waals surface area contributed by atoms with Crippen LogP contribution in [-0.4, -0.2) is 76.5 Å². The van der Waals surface area contributed by atoms with Crippen LogP contribution in [0.25, 0.3) is 0 Å². The van der Waals surface area contributed by atoms with Crippen molar-refractivity contribution in [1.29, 1.82) is 0 Å². The van der Waals surface area contributed by atoms with Crippen molar-refractivity contribution in [2.24, 2.45) is 5.92 Å². The molecule has 1 spiro atoms. The number of aromatic hydroxyl groups is 1. The number of phenols is 1. The molecule has 2 saturated carbocycles. The normalized spacial score (nSPS) is 32.4. The molecule has 1 amide bonds. The summed E-state index contributed by atoms with van der Waals surface area (Å²) < 4.78 is 12.3. The fourth-order valence-electron chi connectivity index (χ4n) is 7.89. The molecular formula is C29H31Cl3N2O5. The topological polar surface area (TPSA) is 82.5 Å². The number of halogens is 3. The summed E-state index contributed by atoms with van der Waals surface area (Å²) in [6.45, 7) is 1.64. The minimum atomic E-state index is -0.999. The third kappa shape index (κ3) is 3.73. The Labute approximate surface area is 242 Å². The number of piperidine rings is 1. The van der Waals surface area contributed by atoms with Gasteiger partial charge in [-0.3, -0.25) is 9.69 Å². The summed E-state index contributed by atoms with van der Waals surface area (Å²) in [5.41, 5.74) is 0.390. The summed E-state index contributed by atoms with van der Waals surface area (Å²) >= 11 is 18.4. The summed E-state index contributed by atoms with van der Waals surface area (Å²) in [7, 11) is 1.75. The van der Waals surface area contributed by atoms with Crippen LogP contribution in [0.1, 0.15) is 43.2 Å². The van der Waals surface area contributed by atoms with Gasteiger partial charge in [0.15, 0.2) is 18.1 Å². The lowest BCUT2D eigenvalue weighted by molar-refractivity contribution is -0.200. The highest BCUT2D eigenvalue weighted by Crippen LogP contribution is 2.66. The number of amides is 1. The molecule has 7 rings (SSSR count). The minimum Gasteiger partial charge on any atom is -0.504 e. The van der Waals surface area contributed by atoms with E-state index in [-0.39, 0.29) is 46.1 Å². The Bertz CT molecular complexity index is 1370. The van der Waals surface area contributed by atoms with E-state index < -0.39 is 17.1 Å². The third-order valence-electron chi connectivity index (χ3n) is 9.95. The fourth-order valence-corrected chi connectivity index (χ4v) is 8.48. The van der Waals surface area contributed by atoms with Gasteiger partial charge in [0.25, 0.3) is 5.91 Å². The van der Waals surface area contributed by atoms with E-state index >= 15 is 0 Å². The maximum absolute atomic E-state index is 13.4. The Hall–Kier alpha value is -1.90. The van der Waals surface area contributed by atoms with Gasteiger partial charge in [-0.2, -0.15) is 0 Å². The smallest absolute Gasteiger partial charge is 0.260 e. The molecule has 2 aliphatic heterocycles. The van der Waals surface area contributed by atoms with Gasteiger partial charge in [0, 0.05) is 31.3 Å². The van der Waals surface area contributed by atoms with Crippen LogP contribution in [0.15, 0.2) is 24.3 Å². The summed E-state index contributed by atoms with van der Waals surface area (Å²) in [5.74, 6) is 1.31. The van der Waals surface area contributed by atoms with Gasteiger partial charge in [0.05, 0.1) is 32.1 Å². The number of hydrogen-bond donors (Lipinski definition) is 2. The Morgan fingerprint density at radius 1 is 1.15 bits per heavy atom. The molecule has 2 N–H and O–H groups in total. The lowest BCUT2D eigenvalue weighted by Crippen LogP contribution is -2.78. The van der Waals surface area contributed by atoms with Crippen LogP contribution in [-0.2, 0) is 16.6 Å². The molecule has 5 atom stereocenters. The molecule has 39 heavy (non-hydrogen) atoms. The van der Waals surface area contributed by atoms with Crippen LogP contribution in [0, 0.1) is 5.92 Å². The van der Waals surface area contributed by atoms with Crippen LogP contribution in [0.4, 0.5) is 0 Å². The van der Waals surface area contributed by atoms with Crippen LogP contribution in [0.5, 0.6) is 17.2 Å². The number of phenolic OH excluding ortho intramolecular Hbond substituents is 1. The average Bonchev–Trinajstić information content (AvgIpc) is 3.65. The predicted octanol–water partition coefficient (Wildman–Crippen LogP) is 4.82. The van der Waals surface area contributed by atoms with Crippen LogP contribution >= 0.6 is 34.8 Å². The van der Waals surface area contributed by atoms with Gasteiger partial charge in [-0.25, -0.2) is 0 Å². The zero-order valence-corrected chi connectivity index (χ0v) is 23.9. The highest BCUT2D eigenvalue weighted by molar-refractivity contribution is 6.43. The lowest BCUT2D eigenvalue weighted by Gasteiger charge is -2.64. The summed E-state index contributed by atoms with van der Waals surface area (Å²) in [6.07, 6.45) is 4.63. The molecule has 10 heteroatoms. The molecule has 1 saturated heterocycles. The number of hydrogen-bond acceptors (Lipinski definition) is 6. The first kappa shape index (κ1) is 26.0. The average molecular weight is 594 g/mol. The zero-order valence-electron chi connectivity index (χ0n) is 21.6. The number of carbonyl (C=O) groups excluding carboxylic acids is 1. The van der Waals surface area contributed by atoms with Gasteiger partial charge < -0.3 is 24.6 Å². The molecule has 2 bridgehead atoms. The first-order chi connectivity index (χ1) is 18.6. The number of likely N-dealkylation sites (tertiary alicyclic amines) is 1. The molecule has 2 aromatic carbocycles. The van der Waals surface area contributed by atoms with Gasteiger partial charge in [-0.1, -0.05) is 40.9 Å². The van der Waals surface area contributed by atoms with Gasteiger partial charge in [-0.05, 0) is 68.7 Å². The van der Waals surface area contributed by atoms with E-state index in [1.807, 2.05) is 6.07 Å². The molecule has 5 aliphatic rings. The third-order valence-corrected chi connectivity index (χ3v) is 11.0. The SMILES string of the molecule is CN(C(=O)COc1cc(Cl)c(Cl)cc1Cl)[C@@H]1CC[C@@]2(O)[C@@H]3Cc4ccc(O)c5c4[C@@]2(CCN3CC2CC2)[C@H]1O5. The molecule has 2 heterocycles. The Kier molecular flexibility index (Phi) is 6.04. The molecule has 2 aromatic rings. The Morgan fingerprint density at radius 3 is 2.69 bits per heavy atom. The van der Waals surface area contributed by atoms with Crippen molar-refractivity contribution in [2.75, 3.05) is 26.7 Å².